The van der Waals surface area contributed by atoms with Gasteiger partial charge in [0.1, 0.15) is 0 Å². The van der Waals surface area contributed by atoms with E-state index in [9.17, 15) is 4.79 Å². The maximum atomic E-state index is 13.4. The van der Waals surface area contributed by atoms with Gasteiger partial charge in [-0.15, -0.1) is 12.4 Å². The maximum Gasteiger partial charge on any atom is 0.252 e. The van der Waals surface area contributed by atoms with Crippen molar-refractivity contribution >= 4 is 51.1 Å². The summed E-state index contributed by atoms with van der Waals surface area (Å²) < 4.78 is 17.4. The number of aromatic nitrogens is 1. The van der Waals surface area contributed by atoms with Crippen LogP contribution in [0.4, 0.5) is 5.13 Å². The summed E-state index contributed by atoms with van der Waals surface area (Å²) >= 11 is 1.56. The Morgan fingerprint density at radius 3 is 2.76 bits per heavy atom. The first-order valence-corrected chi connectivity index (χ1v) is 12.0. The number of rotatable bonds is 6. The lowest BCUT2D eigenvalue weighted by Crippen LogP contribution is -2.42. The third kappa shape index (κ3) is 5.20. The van der Waals surface area contributed by atoms with Crippen molar-refractivity contribution in [3.05, 3.63) is 53.1 Å². The molecule has 9 heteroatoms. The molecule has 7 nitrogen and oxygen atoms in total. The molecule has 2 aliphatic rings. The van der Waals surface area contributed by atoms with Crippen LogP contribution in [0.3, 0.4) is 0 Å². The molecule has 5 rings (SSSR count). The van der Waals surface area contributed by atoms with Crippen molar-refractivity contribution < 1.29 is 19.0 Å². The minimum Gasteiger partial charge on any atom is -0.454 e. The van der Waals surface area contributed by atoms with E-state index in [-0.39, 0.29) is 25.1 Å². The number of carbonyl (C=O) groups is 1. The largest absolute Gasteiger partial charge is 0.454 e. The molecular weight excluding hydrogens is 474 g/mol. The number of halogens is 1. The van der Waals surface area contributed by atoms with Crippen molar-refractivity contribution in [2.24, 2.45) is 0 Å². The highest BCUT2D eigenvalue weighted by Crippen LogP contribution is 2.34. The predicted molar refractivity (Wildman–Crippen MR) is 138 cm³/mol. The zero-order valence-corrected chi connectivity index (χ0v) is 20.9. The van der Waals surface area contributed by atoms with Crippen molar-refractivity contribution in [3.8, 4) is 11.5 Å². The molecule has 0 spiro atoms. The normalized spacial score (nSPS) is 15.6. The van der Waals surface area contributed by atoms with Crippen LogP contribution in [0.15, 0.2) is 36.4 Å². The number of carbonyl (C=O) groups excluding carboxylic acids is 1. The van der Waals surface area contributed by atoms with E-state index in [1.54, 1.807) is 22.3 Å². The lowest BCUT2D eigenvalue weighted by molar-refractivity contribution is -0.114. The zero-order valence-electron chi connectivity index (χ0n) is 19.3. The summed E-state index contributed by atoms with van der Waals surface area (Å²) in [4.78, 5) is 22.3. The molecule has 3 heterocycles. The second kappa shape index (κ2) is 10.7. The van der Waals surface area contributed by atoms with E-state index in [0.717, 1.165) is 65.1 Å². The molecule has 0 bridgehead atoms. The van der Waals surface area contributed by atoms with E-state index < -0.39 is 0 Å². The molecule has 0 unspecified atom stereocenters. The molecule has 2 aliphatic heterocycles. The summed E-state index contributed by atoms with van der Waals surface area (Å²) in [7, 11) is 0. The smallest absolute Gasteiger partial charge is 0.252 e. The number of amides is 1. The number of hydrogen-bond acceptors (Lipinski definition) is 7. The zero-order chi connectivity index (χ0) is 22.8. The molecule has 2 aromatic carbocycles. The second-order valence-corrected chi connectivity index (χ2v) is 9.25. The molecule has 3 aromatic rings. The number of thiazole rings is 1. The highest BCUT2D eigenvalue weighted by Gasteiger charge is 2.21. The Bertz CT molecular complexity index is 1210. The van der Waals surface area contributed by atoms with Gasteiger partial charge >= 0.3 is 0 Å². The van der Waals surface area contributed by atoms with Crippen LogP contribution in [-0.2, 0) is 9.53 Å². The molecular formula is C25H28ClN3O4S. The number of ether oxygens (including phenoxy) is 3. The van der Waals surface area contributed by atoms with E-state index in [4.69, 9.17) is 19.2 Å². The highest BCUT2D eigenvalue weighted by atomic mass is 35.5. The third-order valence-corrected chi connectivity index (χ3v) is 7.17. The summed E-state index contributed by atoms with van der Waals surface area (Å²) in [6.07, 6.45) is 3.43. The molecule has 1 saturated heterocycles. The minimum absolute atomic E-state index is 0. The van der Waals surface area contributed by atoms with E-state index in [0.29, 0.717) is 12.3 Å². The van der Waals surface area contributed by atoms with Crippen molar-refractivity contribution in [3.63, 3.8) is 0 Å². The number of benzene rings is 2. The fraction of sp³-hybridized carbons (Fsp3) is 0.360. The first-order chi connectivity index (χ1) is 16.1. The van der Waals surface area contributed by atoms with Gasteiger partial charge in [0.05, 0.1) is 23.4 Å². The number of anilines is 1. The van der Waals surface area contributed by atoms with Crippen LogP contribution in [0, 0.1) is 13.8 Å². The van der Waals surface area contributed by atoms with E-state index in [1.807, 2.05) is 24.3 Å². The van der Waals surface area contributed by atoms with Gasteiger partial charge in [0.2, 0.25) is 6.79 Å². The lowest BCUT2D eigenvalue weighted by Gasteiger charge is -2.28. The number of morpholine rings is 1. The van der Waals surface area contributed by atoms with Gasteiger partial charge in [-0.1, -0.05) is 23.5 Å². The number of aryl methyl sites for hydroxylation is 2. The number of nitrogens with zero attached hydrogens (tertiary/aromatic N) is 3. The van der Waals surface area contributed by atoms with Gasteiger partial charge in [-0.3, -0.25) is 14.6 Å². The van der Waals surface area contributed by atoms with Gasteiger partial charge in [-0.05, 0) is 54.8 Å². The van der Waals surface area contributed by atoms with Crippen LogP contribution >= 0.6 is 23.7 Å². The van der Waals surface area contributed by atoms with Gasteiger partial charge < -0.3 is 14.2 Å². The summed E-state index contributed by atoms with van der Waals surface area (Å²) in [5.41, 5.74) is 4.22. The van der Waals surface area contributed by atoms with Gasteiger partial charge in [0.25, 0.3) is 5.91 Å². The molecule has 34 heavy (non-hydrogen) atoms. The SMILES string of the molecule is Cc1ccc2sc(N(CCN3CCOCC3)C(=O)/C=C/c3ccc4c(c3)OCO4)nc2c1C.Cl. The monoisotopic (exact) mass is 501 g/mol. The molecule has 1 fully saturated rings. The van der Waals surface area contributed by atoms with E-state index >= 15 is 0 Å². The van der Waals surface area contributed by atoms with Crippen LogP contribution in [0.25, 0.3) is 16.3 Å². The fourth-order valence-corrected chi connectivity index (χ4v) is 5.03. The van der Waals surface area contributed by atoms with Crippen LogP contribution in [-0.4, -0.2) is 62.0 Å². The first kappa shape index (κ1) is 24.5. The quantitative estimate of drug-likeness (QED) is 0.465. The van der Waals surface area contributed by atoms with Crippen molar-refractivity contribution in [1.82, 2.24) is 9.88 Å². The molecule has 0 N–H and O–H groups in total. The van der Waals surface area contributed by atoms with Crippen molar-refractivity contribution in [2.45, 2.75) is 13.8 Å². The second-order valence-electron chi connectivity index (χ2n) is 8.24. The Labute approximate surface area is 209 Å². The molecule has 1 amide bonds. The van der Waals surface area contributed by atoms with Crippen LogP contribution in [0.5, 0.6) is 11.5 Å². The predicted octanol–water partition coefficient (Wildman–Crippen LogP) is 4.44. The van der Waals surface area contributed by atoms with E-state index in [2.05, 4.69) is 30.9 Å². The molecule has 0 saturated carbocycles. The summed E-state index contributed by atoms with van der Waals surface area (Å²) in [6.45, 7) is 8.98. The standard InChI is InChI=1S/C25H27N3O4S.ClH/c1-17-3-7-22-24(18(17)2)26-25(33-22)28(10-9-27-11-13-30-14-12-27)23(29)8-5-19-4-6-20-21(15-19)32-16-31-20;/h3-8,15H,9-14,16H2,1-2H3;1H/b8-5+;. The van der Waals surface area contributed by atoms with Crippen molar-refractivity contribution in [2.75, 3.05) is 51.1 Å². The topological polar surface area (TPSA) is 64.1 Å². The molecule has 0 aliphatic carbocycles. The van der Waals surface area contributed by atoms with Crippen LogP contribution < -0.4 is 14.4 Å². The number of hydrogen-bond donors (Lipinski definition) is 0. The third-order valence-electron chi connectivity index (χ3n) is 6.13. The van der Waals surface area contributed by atoms with Crippen LogP contribution in [0.2, 0.25) is 0 Å². The number of fused-ring (bicyclic) bond motifs is 2. The average molecular weight is 502 g/mol. The van der Waals surface area contributed by atoms with Gasteiger partial charge in [0.15, 0.2) is 16.6 Å². The lowest BCUT2D eigenvalue weighted by atomic mass is 10.1. The Kier molecular flexibility index (Phi) is 7.73. The Hall–Kier alpha value is -2.65. The molecule has 0 atom stereocenters. The molecule has 180 valence electrons. The van der Waals surface area contributed by atoms with E-state index in [1.165, 1.54) is 5.56 Å². The van der Waals surface area contributed by atoms with Gasteiger partial charge in [-0.2, -0.15) is 0 Å². The average Bonchev–Trinajstić information content (AvgIpc) is 3.48. The van der Waals surface area contributed by atoms with Crippen LogP contribution in [0.1, 0.15) is 16.7 Å². The summed E-state index contributed by atoms with van der Waals surface area (Å²) in [6, 6.07) is 9.86. The summed E-state index contributed by atoms with van der Waals surface area (Å²) in [5, 5.41) is 0.729. The van der Waals surface area contributed by atoms with Crippen molar-refractivity contribution in [1.29, 1.82) is 0 Å². The maximum absolute atomic E-state index is 13.4. The first-order valence-electron chi connectivity index (χ1n) is 11.1. The summed E-state index contributed by atoms with van der Waals surface area (Å²) in [5.74, 6) is 1.34. The highest BCUT2D eigenvalue weighted by molar-refractivity contribution is 7.22. The Balaban J connectivity index is 0.00000274. The van der Waals surface area contributed by atoms with Gasteiger partial charge in [0, 0.05) is 32.3 Å². The molecule has 1 aromatic heterocycles. The fourth-order valence-electron chi connectivity index (χ4n) is 3.97. The minimum atomic E-state index is -0.0886. The van der Waals surface area contributed by atoms with Gasteiger partial charge in [-0.25, -0.2) is 4.98 Å². The Morgan fingerprint density at radius 2 is 1.94 bits per heavy atom. The molecule has 0 radical (unpaired) electrons. The Morgan fingerprint density at radius 1 is 1.15 bits per heavy atom.